The quantitative estimate of drug-likeness (QED) is 0.721. The summed E-state index contributed by atoms with van der Waals surface area (Å²) in [6, 6.07) is 8.19. The number of para-hydroxylation sites is 1. The van der Waals surface area contributed by atoms with Crippen LogP contribution in [-0.2, 0) is 0 Å². The standard InChI is InChI=1S/C16H21IN4/c1-5-18-15-11(4)16(21-14(20-15)10(2)3)19-13-9-7-6-8-12(13)17/h6-10H,5H2,1-4H3,(H2,18,19,20,21). The molecule has 2 aromatic rings. The van der Waals surface area contributed by atoms with E-state index >= 15 is 0 Å². The maximum atomic E-state index is 4.69. The van der Waals surface area contributed by atoms with Gasteiger partial charge in [0, 0.05) is 21.6 Å². The van der Waals surface area contributed by atoms with Crippen LogP contribution in [0.2, 0.25) is 0 Å². The highest BCUT2D eigenvalue weighted by molar-refractivity contribution is 14.1. The number of anilines is 3. The molecule has 0 unspecified atom stereocenters. The number of halogens is 1. The largest absolute Gasteiger partial charge is 0.370 e. The summed E-state index contributed by atoms with van der Waals surface area (Å²) in [5.41, 5.74) is 2.11. The second-order valence-corrected chi connectivity index (χ2v) is 6.36. The first-order chi connectivity index (χ1) is 10.0. The molecule has 0 aliphatic rings. The zero-order chi connectivity index (χ0) is 15.4. The van der Waals surface area contributed by atoms with Gasteiger partial charge in [-0.15, -0.1) is 0 Å². The van der Waals surface area contributed by atoms with Crippen LogP contribution in [0.1, 0.15) is 38.1 Å². The maximum absolute atomic E-state index is 4.69. The Bertz CT molecular complexity index is 626. The van der Waals surface area contributed by atoms with Gasteiger partial charge in [-0.25, -0.2) is 9.97 Å². The van der Waals surface area contributed by atoms with Crippen LogP contribution in [0.25, 0.3) is 0 Å². The lowest BCUT2D eigenvalue weighted by molar-refractivity contribution is 0.774. The number of nitrogens with zero attached hydrogens (tertiary/aromatic N) is 2. The van der Waals surface area contributed by atoms with E-state index in [0.717, 1.165) is 35.3 Å². The molecule has 0 radical (unpaired) electrons. The van der Waals surface area contributed by atoms with Gasteiger partial charge in [0.1, 0.15) is 17.5 Å². The van der Waals surface area contributed by atoms with Gasteiger partial charge in [0.05, 0.1) is 5.69 Å². The molecule has 2 rings (SSSR count). The van der Waals surface area contributed by atoms with Gasteiger partial charge in [-0.2, -0.15) is 0 Å². The lowest BCUT2D eigenvalue weighted by Gasteiger charge is -2.16. The van der Waals surface area contributed by atoms with Gasteiger partial charge in [0.2, 0.25) is 0 Å². The third-order valence-electron chi connectivity index (χ3n) is 3.15. The number of rotatable bonds is 5. The zero-order valence-electron chi connectivity index (χ0n) is 12.9. The van der Waals surface area contributed by atoms with Crippen molar-refractivity contribution in [3.05, 3.63) is 39.2 Å². The van der Waals surface area contributed by atoms with E-state index in [1.54, 1.807) is 0 Å². The molecule has 0 saturated heterocycles. The van der Waals surface area contributed by atoms with Crippen molar-refractivity contribution in [3.63, 3.8) is 0 Å². The Labute approximate surface area is 139 Å². The number of hydrogen-bond donors (Lipinski definition) is 2. The highest BCUT2D eigenvalue weighted by Crippen LogP contribution is 2.27. The molecule has 4 nitrogen and oxygen atoms in total. The molecule has 0 amide bonds. The van der Waals surface area contributed by atoms with E-state index in [1.807, 2.05) is 19.1 Å². The molecule has 0 atom stereocenters. The van der Waals surface area contributed by atoms with Gasteiger partial charge < -0.3 is 10.6 Å². The summed E-state index contributed by atoms with van der Waals surface area (Å²) in [6.45, 7) is 9.18. The Balaban J connectivity index is 2.44. The molecule has 112 valence electrons. The maximum Gasteiger partial charge on any atom is 0.139 e. The van der Waals surface area contributed by atoms with Crippen LogP contribution in [0.4, 0.5) is 17.3 Å². The second-order valence-electron chi connectivity index (χ2n) is 5.19. The summed E-state index contributed by atoms with van der Waals surface area (Å²) in [7, 11) is 0. The summed E-state index contributed by atoms with van der Waals surface area (Å²) >= 11 is 2.32. The summed E-state index contributed by atoms with van der Waals surface area (Å²) < 4.78 is 1.17. The number of nitrogens with one attached hydrogen (secondary N) is 2. The van der Waals surface area contributed by atoms with Crippen molar-refractivity contribution < 1.29 is 0 Å². The summed E-state index contributed by atoms with van der Waals surface area (Å²) in [4.78, 5) is 9.31. The molecule has 5 heteroatoms. The third-order valence-corrected chi connectivity index (χ3v) is 4.09. The molecule has 0 aliphatic carbocycles. The first-order valence-electron chi connectivity index (χ1n) is 7.16. The molecule has 1 aromatic carbocycles. The molecule has 1 aromatic heterocycles. The second kappa shape index (κ2) is 7.06. The van der Waals surface area contributed by atoms with Gasteiger partial charge in [0.25, 0.3) is 0 Å². The van der Waals surface area contributed by atoms with Crippen LogP contribution in [0.15, 0.2) is 24.3 Å². The Kier molecular flexibility index (Phi) is 5.39. The molecule has 0 aliphatic heterocycles. The van der Waals surface area contributed by atoms with E-state index in [0.29, 0.717) is 5.92 Å². The fourth-order valence-corrected chi connectivity index (χ4v) is 2.47. The van der Waals surface area contributed by atoms with E-state index in [2.05, 4.69) is 76.1 Å². The van der Waals surface area contributed by atoms with Gasteiger partial charge in [0.15, 0.2) is 0 Å². The lowest BCUT2D eigenvalue weighted by atomic mass is 10.2. The molecule has 2 N–H and O–H groups in total. The predicted molar refractivity (Wildman–Crippen MR) is 97.5 cm³/mol. The summed E-state index contributed by atoms with van der Waals surface area (Å²) in [6.07, 6.45) is 0. The van der Waals surface area contributed by atoms with Gasteiger partial charge in [-0.05, 0) is 48.6 Å². The fourth-order valence-electron chi connectivity index (χ4n) is 1.94. The normalized spacial score (nSPS) is 10.8. The minimum atomic E-state index is 0.290. The smallest absolute Gasteiger partial charge is 0.139 e. The zero-order valence-corrected chi connectivity index (χ0v) is 15.0. The molecule has 1 heterocycles. The third kappa shape index (κ3) is 3.84. The molecule has 0 fully saturated rings. The molecule has 21 heavy (non-hydrogen) atoms. The van der Waals surface area contributed by atoms with Crippen LogP contribution >= 0.6 is 22.6 Å². The van der Waals surface area contributed by atoms with Crippen LogP contribution in [0, 0.1) is 10.5 Å². The van der Waals surface area contributed by atoms with Crippen LogP contribution in [0.3, 0.4) is 0 Å². The van der Waals surface area contributed by atoms with E-state index in [-0.39, 0.29) is 0 Å². The Morgan fingerprint density at radius 2 is 1.81 bits per heavy atom. The van der Waals surface area contributed by atoms with Crippen LogP contribution in [-0.4, -0.2) is 16.5 Å². The fraction of sp³-hybridized carbons (Fsp3) is 0.375. The van der Waals surface area contributed by atoms with E-state index in [9.17, 15) is 0 Å². The monoisotopic (exact) mass is 396 g/mol. The van der Waals surface area contributed by atoms with Gasteiger partial charge in [-0.3, -0.25) is 0 Å². The molecule has 0 bridgehead atoms. The molecule has 0 spiro atoms. The van der Waals surface area contributed by atoms with Crippen molar-refractivity contribution in [3.8, 4) is 0 Å². The Hall–Kier alpha value is -1.37. The highest BCUT2D eigenvalue weighted by atomic mass is 127. The topological polar surface area (TPSA) is 49.8 Å². The number of hydrogen-bond acceptors (Lipinski definition) is 4. The minimum Gasteiger partial charge on any atom is -0.370 e. The predicted octanol–water partition coefficient (Wildman–Crippen LogP) is 4.69. The molecule has 0 saturated carbocycles. The van der Waals surface area contributed by atoms with Crippen molar-refractivity contribution in [2.75, 3.05) is 17.2 Å². The van der Waals surface area contributed by atoms with Crippen LogP contribution in [0.5, 0.6) is 0 Å². The van der Waals surface area contributed by atoms with E-state index < -0.39 is 0 Å². The van der Waals surface area contributed by atoms with Crippen molar-refractivity contribution in [1.82, 2.24) is 9.97 Å². The first-order valence-corrected chi connectivity index (χ1v) is 8.24. The number of benzene rings is 1. The van der Waals surface area contributed by atoms with E-state index in [4.69, 9.17) is 0 Å². The van der Waals surface area contributed by atoms with Crippen molar-refractivity contribution >= 4 is 39.9 Å². The first kappa shape index (κ1) is 16.0. The average Bonchev–Trinajstić information content (AvgIpc) is 2.45. The molecular weight excluding hydrogens is 375 g/mol. The SMILES string of the molecule is CCNc1nc(C(C)C)nc(Nc2ccccc2I)c1C. The van der Waals surface area contributed by atoms with Crippen molar-refractivity contribution in [2.45, 2.75) is 33.6 Å². The van der Waals surface area contributed by atoms with Crippen LogP contribution < -0.4 is 10.6 Å². The van der Waals surface area contributed by atoms with Gasteiger partial charge >= 0.3 is 0 Å². The molecular formula is C16H21IN4. The van der Waals surface area contributed by atoms with Gasteiger partial charge in [-0.1, -0.05) is 26.0 Å². The minimum absolute atomic E-state index is 0.290. The average molecular weight is 396 g/mol. The summed E-state index contributed by atoms with van der Waals surface area (Å²) in [5, 5.41) is 6.75. The Morgan fingerprint density at radius 1 is 1.14 bits per heavy atom. The highest BCUT2D eigenvalue weighted by Gasteiger charge is 2.13. The van der Waals surface area contributed by atoms with Crippen molar-refractivity contribution in [1.29, 1.82) is 0 Å². The lowest BCUT2D eigenvalue weighted by Crippen LogP contribution is -2.10. The van der Waals surface area contributed by atoms with E-state index in [1.165, 1.54) is 3.57 Å². The Morgan fingerprint density at radius 3 is 2.43 bits per heavy atom. The van der Waals surface area contributed by atoms with Crippen molar-refractivity contribution in [2.24, 2.45) is 0 Å². The summed E-state index contributed by atoms with van der Waals surface area (Å²) in [5.74, 6) is 2.92. The number of aromatic nitrogens is 2.